The maximum Gasteiger partial charge on any atom is 0.236 e. The predicted octanol–water partition coefficient (Wildman–Crippen LogP) is 1.33. The molecule has 0 bridgehead atoms. The van der Waals surface area contributed by atoms with Gasteiger partial charge in [0.1, 0.15) is 0 Å². The average Bonchev–Trinajstić information content (AvgIpc) is 2.43. The molecule has 1 aliphatic heterocycles. The smallest absolute Gasteiger partial charge is 0.236 e. The van der Waals surface area contributed by atoms with Crippen LogP contribution in [0.5, 0.6) is 0 Å². The molecule has 0 aliphatic carbocycles. The number of hydrogen-bond donors (Lipinski definition) is 1. The molecule has 1 aromatic rings. The second-order valence-corrected chi connectivity index (χ2v) is 4.56. The number of carbonyl (C=O) groups is 1. The molecule has 0 fully saturated rings. The maximum absolute atomic E-state index is 11.8. The molecule has 1 aromatic carbocycles. The van der Waals surface area contributed by atoms with Gasteiger partial charge in [0.2, 0.25) is 5.91 Å². The molecule has 1 atom stereocenters. The van der Waals surface area contributed by atoms with Crippen molar-refractivity contribution in [3.8, 4) is 0 Å². The van der Waals surface area contributed by atoms with Gasteiger partial charge < -0.3 is 9.64 Å². The Hall–Kier alpha value is -1.39. The third-order valence-corrected chi connectivity index (χ3v) is 3.37. The van der Waals surface area contributed by atoms with E-state index in [1.165, 1.54) is 11.1 Å². The summed E-state index contributed by atoms with van der Waals surface area (Å²) in [6.45, 7) is 4.35. The van der Waals surface area contributed by atoms with Gasteiger partial charge in [-0.25, -0.2) is 0 Å². The summed E-state index contributed by atoms with van der Waals surface area (Å²) in [6.07, 6.45) is 0. The minimum Gasteiger partial charge on any atom is -0.375 e. The number of fused-ring (bicyclic) bond motifs is 1. The van der Waals surface area contributed by atoms with Crippen LogP contribution in [0.1, 0.15) is 24.1 Å². The molecule has 0 saturated heterocycles. The van der Waals surface area contributed by atoms with Crippen LogP contribution in [0.4, 0.5) is 0 Å². The summed E-state index contributed by atoms with van der Waals surface area (Å²) in [6, 6.07) is 8.33. The highest BCUT2D eigenvalue weighted by Gasteiger charge is 2.20. The Morgan fingerprint density at radius 3 is 3.06 bits per heavy atom. The van der Waals surface area contributed by atoms with Crippen molar-refractivity contribution in [1.82, 2.24) is 10.2 Å². The Labute approximate surface area is 108 Å². The van der Waals surface area contributed by atoms with E-state index in [-0.39, 0.29) is 11.9 Å². The fourth-order valence-electron chi connectivity index (χ4n) is 2.07. The first kappa shape index (κ1) is 13.1. The Morgan fingerprint density at radius 2 is 2.28 bits per heavy atom. The van der Waals surface area contributed by atoms with E-state index in [9.17, 15) is 4.79 Å². The van der Waals surface area contributed by atoms with E-state index in [1.807, 2.05) is 26.1 Å². The van der Waals surface area contributed by atoms with Gasteiger partial charge in [-0.15, -0.1) is 0 Å². The molecule has 18 heavy (non-hydrogen) atoms. The van der Waals surface area contributed by atoms with Crippen LogP contribution in [0.2, 0.25) is 0 Å². The van der Waals surface area contributed by atoms with Crippen LogP contribution in [0.15, 0.2) is 24.3 Å². The van der Waals surface area contributed by atoms with Crippen LogP contribution < -0.4 is 5.32 Å². The topological polar surface area (TPSA) is 41.6 Å². The third-order valence-electron chi connectivity index (χ3n) is 3.37. The monoisotopic (exact) mass is 248 g/mol. The standard InChI is InChI=1S/C14H20N2O2/c1-3-16(2)14(17)8-15-13-10-18-9-11-6-4-5-7-12(11)13/h4-7,13,15H,3,8-10H2,1-2H3. The lowest BCUT2D eigenvalue weighted by Gasteiger charge is -2.27. The van der Waals surface area contributed by atoms with E-state index in [4.69, 9.17) is 4.74 Å². The molecule has 0 saturated carbocycles. The fourth-order valence-corrected chi connectivity index (χ4v) is 2.07. The number of carbonyl (C=O) groups excluding carboxylic acids is 1. The minimum atomic E-state index is 0.112. The van der Waals surface area contributed by atoms with Gasteiger partial charge in [-0.05, 0) is 18.1 Å². The number of rotatable bonds is 4. The third kappa shape index (κ3) is 2.89. The van der Waals surface area contributed by atoms with E-state index < -0.39 is 0 Å². The van der Waals surface area contributed by atoms with Crippen LogP contribution in [-0.4, -0.2) is 37.6 Å². The van der Waals surface area contributed by atoms with Crippen LogP contribution in [0.25, 0.3) is 0 Å². The Bertz CT molecular complexity index is 420. The molecular weight excluding hydrogens is 228 g/mol. The van der Waals surface area contributed by atoms with E-state index in [1.54, 1.807) is 4.90 Å². The first-order valence-corrected chi connectivity index (χ1v) is 6.35. The highest BCUT2D eigenvalue weighted by molar-refractivity contribution is 5.77. The normalized spacial score (nSPS) is 18.2. The number of benzene rings is 1. The highest BCUT2D eigenvalue weighted by atomic mass is 16.5. The van der Waals surface area contributed by atoms with E-state index >= 15 is 0 Å². The summed E-state index contributed by atoms with van der Waals surface area (Å²) < 4.78 is 5.54. The van der Waals surface area contributed by atoms with Gasteiger partial charge >= 0.3 is 0 Å². The number of nitrogens with one attached hydrogen (secondary N) is 1. The SMILES string of the molecule is CCN(C)C(=O)CNC1COCc2ccccc21. The summed E-state index contributed by atoms with van der Waals surface area (Å²) in [7, 11) is 1.81. The summed E-state index contributed by atoms with van der Waals surface area (Å²) >= 11 is 0. The Morgan fingerprint density at radius 1 is 1.50 bits per heavy atom. The van der Waals surface area contributed by atoms with Gasteiger partial charge in [0.25, 0.3) is 0 Å². The molecule has 1 amide bonds. The lowest BCUT2D eigenvalue weighted by molar-refractivity contribution is -0.129. The van der Waals surface area contributed by atoms with Crippen molar-refractivity contribution in [2.45, 2.75) is 19.6 Å². The molecule has 0 aromatic heterocycles. The van der Waals surface area contributed by atoms with Gasteiger partial charge in [-0.3, -0.25) is 10.1 Å². The van der Waals surface area contributed by atoms with Crippen molar-refractivity contribution in [2.75, 3.05) is 26.7 Å². The molecule has 98 valence electrons. The summed E-state index contributed by atoms with van der Waals surface area (Å²) in [4.78, 5) is 13.5. The molecule has 1 unspecified atom stereocenters. The molecule has 1 heterocycles. The molecule has 0 radical (unpaired) electrons. The van der Waals surface area contributed by atoms with Crippen molar-refractivity contribution >= 4 is 5.91 Å². The average molecular weight is 248 g/mol. The number of ether oxygens (including phenoxy) is 1. The second kappa shape index (κ2) is 5.98. The van der Waals surface area contributed by atoms with Crippen molar-refractivity contribution in [1.29, 1.82) is 0 Å². The number of hydrogen-bond acceptors (Lipinski definition) is 3. The Balaban J connectivity index is 1.97. The molecular formula is C14H20N2O2. The van der Waals surface area contributed by atoms with Gasteiger partial charge in [0.15, 0.2) is 0 Å². The zero-order valence-electron chi connectivity index (χ0n) is 11.0. The van der Waals surface area contributed by atoms with E-state index in [0.717, 1.165) is 6.54 Å². The van der Waals surface area contributed by atoms with Crippen molar-refractivity contribution in [3.05, 3.63) is 35.4 Å². The predicted molar refractivity (Wildman–Crippen MR) is 70.2 cm³/mol. The second-order valence-electron chi connectivity index (χ2n) is 4.56. The maximum atomic E-state index is 11.8. The van der Waals surface area contributed by atoms with Crippen molar-refractivity contribution in [2.24, 2.45) is 0 Å². The van der Waals surface area contributed by atoms with Crippen molar-refractivity contribution < 1.29 is 9.53 Å². The zero-order chi connectivity index (χ0) is 13.0. The summed E-state index contributed by atoms with van der Waals surface area (Å²) in [5.41, 5.74) is 2.45. The van der Waals surface area contributed by atoms with Crippen LogP contribution in [-0.2, 0) is 16.1 Å². The van der Waals surface area contributed by atoms with Crippen LogP contribution >= 0.6 is 0 Å². The lowest BCUT2D eigenvalue weighted by Crippen LogP contribution is -2.39. The van der Waals surface area contributed by atoms with Gasteiger partial charge in [-0.2, -0.15) is 0 Å². The molecule has 2 rings (SSSR count). The van der Waals surface area contributed by atoms with Gasteiger partial charge in [0, 0.05) is 13.6 Å². The largest absolute Gasteiger partial charge is 0.375 e. The Kier molecular flexibility index (Phi) is 4.33. The van der Waals surface area contributed by atoms with Crippen LogP contribution in [0.3, 0.4) is 0 Å². The quantitative estimate of drug-likeness (QED) is 0.874. The molecule has 4 nitrogen and oxygen atoms in total. The summed E-state index contributed by atoms with van der Waals surface area (Å²) in [5.74, 6) is 0.112. The molecule has 1 N–H and O–H groups in total. The molecule has 1 aliphatic rings. The van der Waals surface area contributed by atoms with E-state index in [2.05, 4.69) is 17.4 Å². The van der Waals surface area contributed by atoms with Crippen LogP contribution in [0, 0.1) is 0 Å². The molecule has 0 spiro atoms. The first-order chi connectivity index (χ1) is 8.72. The van der Waals surface area contributed by atoms with Crippen molar-refractivity contribution in [3.63, 3.8) is 0 Å². The van der Waals surface area contributed by atoms with Gasteiger partial charge in [-0.1, -0.05) is 24.3 Å². The fraction of sp³-hybridized carbons (Fsp3) is 0.500. The highest BCUT2D eigenvalue weighted by Crippen LogP contribution is 2.23. The molecule has 4 heteroatoms. The number of likely N-dealkylation sites (N-methyl/N-ethyl adjacent to an activating group) is 1. The number of amides is 1. The lowest BCUT2D eigenvalue weighted by atomic mass is 9.99. The first-order valence-electron chi connectivity index (χ1n) is 6.35. The summed E-state index contributed by atoms with van der Waals surface area (Å²) in [5, 5.41) is 3.28. The van der Waals surface area contributed by atoms with E-state index in [0.29, 0.717) is 19.8 Å². The zero-order valence-corrected chi connectivity index (χ0v) is 11.0. The minimum absolute atomic E-state index is 0.112. The van der Waals surface area contributed by atoms with Gasteiger partial charge in [0.05, 0.1) is 25.8 Å². The number of nitrogens with zero attached hydrogens (tertiary/aromatic N) is 1.